The third-order valence-corrected chi connectivity index (χ3v) is 17.6. The maximum Gasteiger partial charge on any atom is 0.305 e. The number of ether oxygens (including phenoxy) is 1. The second-order valence-corrected chi connectivity index (χ2v) is 25.6. The minimum atomic E-state index is -0.843. The van der Waals surface area contributed by atoms with Crippen molar-refractivity contribution in [3.05, 3.63) is 12.2 Å². The van der Waals surface area contributed by atoms with E-state index >= 15 is 0 Å². The van der Waals surface area contributed by atoms with Gasteiger partial charge in [0.25, 0.3) is 0 Å². The zero-order valence-corrected chi connectivity index (χ0v) is 54.6. The van der Waals surface area contributed by atoms with Crippen LogP contribution in [0.25, 0.3) is 0 Å². The Bertz CT molecular complexity index is 1210. The van der Waals surface area contributed by atoms with Crippen LogP contribution < -0.4 is 5.32 Å². The number of unbranched alkanes of at least 4 members (excludes halogenated alkanes) is 59. The molecule has 6 nitrogen and oxygen atoms in total. The van der Waals surface area contributed by atoms with Gasteiger partial charge >= 0.3 is 5.97 Å². The van der Waals surface area contributed by atoms with Gasteiger partial charge in [0.1, 0.15) is 0 Å². The van der Waals surface area contributed by atoms with Crippen molar-refractivity contribution in [2.24, 2.45) is 0 Å². The molecule has 80 heavy (non-hydrogen) atoms. The number of hydrogen-bond donors (Lipinski definition) is 3. The highest BCUT2D eigenvalue weighted by molar-refractivity contribution is 5.76. The van der Waals surface area contributed by atoms with Gasteiger partial charge in [-0.25, -0.2) is 0 Å². The van der Waals surface area contributed by atoms with E-state index in [-0.39, 0.29) is 18.5 Å². The molecule has 0 aromatic carbocycles. The second-order valence-electron chi connectivity index (χ2n) is 25.6. The Hall–Kier alpha value is -1.40. The molecule has 3 N–H and O–H groups in total. The Labute approximate surface area is 501 Å². The van der Waals surface area contributed by atoms with Gasteiger partial charge in [0, 0.05) is 12.8 Å². The number of amides is 1. The summed E-state index contributed by atoms with van der Waals surface area (Å²) in [6.07, 6.45) is 87.3. The average Bonchev–Trinajstić information content (AvgIpc) is 3.46. The highest BCUT2D eigenvalue weighted by Gasteiger charge is 2.18. The van der Waals surface area contributed by atoms with Gasteiger partial charge in [-0.05, 0) is 32.1 Å². The molecule has 1 amide bonds. The Morgan fingerprint density at radius 2 is 0.575 bits per heavy atom. The molecule has 0 fully saturated rings. The minimum Gasteiger partial charge on any atom is -0.466 e. The molecule has 6 heteroatoms. The Morgan fingerprint density at radius 1 is 0.338 bits per heavy atom. The number of rotatable bonds is 70. The SMILES string of the molecule is CCCCCCCCCCCCCCCCCCCCCC/C=C/C(O)C(CO)NC(=O)CCCCCCCCCCCCCCCCCCCCCCCCCCCCOC(=O)CCCCCCCCCCCCCCCCC. The molecule has 0 saturated carbocycles. The molecule has 0 rings (SSSR count). The lowest BCUT2D eigenvalue weighted by Crippen LogP contribution is -2.45. The summed E-state index contributed by atoms with van der Waals surface area (Å²) in [5, 5.41) is 23.3. The number of aliphatic hydroxyl groups is 2. The molecule has 0 aliphatic heterocycles. The standard InChI is InChI=1S/C74H145NO5/c1-3-5-7-9-11-13-15-17-19-20-21-22-29-32-35-39-42-46-50-54-58-62-66-72(77)71(70-76)75-73(78)67-63-59-55-51-47-43-40-36-33-30-27-25-23-24-26-28-31-34-37-41-45-49-53-57-61-65-69-80-74(79)68-64-60-56-52-48-44-38-18-16-14-12-10-8-6-4-2/h62,66,71-72,76-77H,3-61,63-65,67-70H2,1-2H3,(H,75,78)/b66-62+. The fraction of sp³-hybridized carbons (Fsp3) is 0.946. The first-order valence-corrected chi connectivity index (χ1v) is 37.0. The van der Waals surface area contributed by atoms with Gasteiger partial charge in [-0.2, -0.15) is 0 Å². The molecule has 0 aromatic rings. The molecule has 0 aliphatic carbocycles. The van der Waals surface area contributed by atoms with Gasteiger partial charge in [-0.1, -0.05) is 392 Å². The Kier molecular flexibility index (Phi) is 68.9. The Morgan fingerprint density at radius 3 is 0.850 bits per heavy atom. The number of nitrogens with one attached hydrogen (secondary N) is 1. The lowest BCUT2D eigenvalue weighted by Gasteiger charge is -2.20. The lowest BCUT2D eigenvalue weighted by molar-refractivity contribution is -0.143. The van der Waals surface area contributed by atoms with Crippen LogP contribution in [0.1, 0.15) is 425 Å². The predicted octanol–water partition coefficient (Wildman–Crippen LogP) is 23.9. The first kappa shape index (κ1) is 78.6. The summed E-state index contributed by atoms with van der Waals surface area (Å²) in [5.74, 6) is -0.0397. The summed E-state index contributed by atoms with van der Waals surface area (Å²) >= 11 is 0. The van der Waals surface area contributed by atoms with E-state index in [0.717, 1.165) is 38.5 Å². The van der Waals surface area contributed by atoms with Crippen LogP contribution >= 0.6 is 0 Å². The van der Waals surface area contributed by atoms with E-state index < -0.39 is 12.1 Å². The maximum atomic E-state index is 12.5. The number of aliphatic hydroxyl groups excluding tert-OH is 2. The zero-order valence-electron chi connectivity index (χ0n) is 54.6. The van der Waals surface area contributed by atoms with Gasteiger partial charge in [0.05, 0.1) is 25.4 Å². The van der Waals surface area contributed by atoms with Gasteiger partial charge in [0.15, 0.2) is 0 Å². The van der Waals surface area contributed by atoms with Crippen LogP contribution in [0.3, 0.4) is 0 Å². The third-order valence-electron chi connectivity index (χ3n) is 17.6. The number of carbonyl (C=O) groups is 2. The first-order chi connectivity index (χ1) is 39.5. The van der Waals surface area contributed by atoms with E-state index in [1.807, 2.05) is 6.08 Å². The molecule has 0 aliphatic rings. The van der Waals surface area contributed by atoms with Gasteiger partial charge in [-0.15, -0.1) is 0 Å². The van der Waals surface area contributed by atoms with E-state index in [4.69, 9.17) is 4.74 Å². The number of carbonyl (C=O) groups excluding carboxylic acids is 2. The average molecular weight is 1130 g/mol. The van der Waals surface area contributed by atoms with Crippen LogP contribution in [0.5, 0.6) is 0 Å². The molecule has 0 aromatic heterocycles. The molecular weight excluding hydrogens is 983 g/mol. The zero-order chi connectivity index (χ0) is 57.8. The van der Waals surface area contributed by atoms with E-state index in [1.54, 1.807) is 6.08 Å². The van der Waals surface area contributed by atoms with Crippen LogP contribution in [-0.4, -0.2) is 47.4 Å². The van der Waals surface area contributed by atoms with Crippen molar-refractivity contribution in [3.63, 3.8) is 0 Å². The lowest BCUT2D eigenvalue weighted by atomic mass is 10.0. The molecule has 2 unspecified atom stereocenters. The van der Waals surface area contributed by atoms with Crippen LogP contribution in [0.2, 0.25) is 0 Å². The monoisotopic (exact) mass is 1130 g/mol. The topological polar surface area (TPSA) is 95.9 Å². The molecule has 0 radical (unpaired) electrons. The Balaban J connectivity index is 3.37. The molecular formula is C74H145NO5. The summed E-state index contributed by atoms with van der Waals surface area (Å²) < 4.78 is 5.50. The molecule has 476 valence electrons. The van der Waals surface area contributed by atoms with Crippen molar-refractivity contribution >= 4 is 11.9 Å². The van der Waals surface area contributed by atoms with Crippen molar-refractivity contribution in [1.82, 2.24) is 5.32 Å². The first-order valence-electron chi connectivity index (χ1n) is 37.0. The van der Waals surface area contributed by atoms with Crippen LogP contribution in [0.4, 0.5) is 0 Å². The number of hydrogen-bond acceptors (Lipinski definition) is 5. The third kappa shape index (κ3) is 65.7. The normalized spacial score (nSPS) is 12.5. The van der Waals surface area contributed by atoms with E-state index in [9.17, 15) is 19.8 Å². The summed E-state index contributed by atoms with van der Waals surface area (Å²) in [6, 6.07) is -0.627. The highest BCUT2D eigenvalue weighted by Crippen LogP contribution is 2.20. The van der Waals surface area contributed by atoms with Crippen molar-refractivity contribution < 1.29 is 24.5 Å². The van der Waals surface area contributed by atoms with Crippen LogP contribution in [0, 0.1) is 0 Å². The largest absolute Gasteiger partial charge is 0.466 e. The molecule has 2 atom stereocenters. The van der Waals surface area contributed by atoms with Crippen LogP contribution in [-0.2, 0) is 14.3 Å². The maximum absolute atomic E-state index is 12.5. The summed E-state index contributed by atoms with van der Waals surface area (Å²) in [6.45, 7) is 4.96. The predicted molar refractivity (Wildman–Crippen MR) is 352 cm³/mol. The van der Waals surface area contributed by atoms with E-state index in [0.29, 0.717) is 19.4 Å². The number of allylic oxidation sites excluding steroid dienone is 1. The van der Waals surface area contributed by atoms with E-state index in [2.05, 4.69) is 19.2 Å². The smallest absolute Gasteiger partial charge is 0.305 e. The van der Waals surface area contributed by atoms with Crippen molar-refractivity contribution in [1.29, 1.82) is 0 Å². The molecule has 0 saturated heterocycles. The quantitative estimate of drug-likeness (QED) is 0.0320. The minimum absolute atomic E-state index is 0.0210. The summed E-state index contributed by atoms with van der Waals surface area (Å²) in [7, 11) is 0. The van der Waals surface area contributed by atoms with E-state index in [1.165, 1.54) is 360 Å². The molecule has 0 bridgehead atoms. The second kappa shape index (κ2) is 70.1. The van der Waals surface area contributed by atoms with Crippen molar-refractivity contribution in [2.75, 3.05) is 13.2 Å². The molecule has 0 heterocycles. The highest BCUT2D eigenvalue weighted by atomic mass is 16.5. The van der Waals surface area contributed by atoms with Gasteiger partial charge in [-0.3, -0.25) is 9.59 Å². The summed E-state index contributed by atoms with van der Waals surface area (Å²) in [5.41, 5.74) is 0. The fourth-order valence-electron chi connectivity index (χ4n) is 11.9. The van der Waals surface area contributed by atoms with Gasteiger partial charge in [0.2, 0.25) is 5.91 Å². The molecule has 0 spiro atoms. The summed E-state index contributed by atoms with van der Waals surface area (Å²) in [4.78, 5) is 24.6. The fourth-order valence-corrected chi connectivity index (χ4v) is 11.9. The van der Waals surface area contributed by atoms with Crippen LogP contribution in [0.15, 0.2) is 12.2 Å². The van der Waals surface area contributed by atoms with Gasteiger partial charge < -0.3 is 20.3 Å². The van der Waals surface area contributed by atoms with Crippen molar-refractivity contribution in [3.8, 4) is 0 Å². The number of esters is 1. The van der Waals surface area contributed by atoms with Crippen molar-refractivity contribution in [2.45, 2.75) is 437 Å².